The Balaban J connectivity index is 1.54. The maximum Gasteiger partial charge on any atom is 0.261 e. The van der Waals surface area contributed by atoms with Crippen LogP contribution in [0.1, 0.15) is 19.4 Å². The third kappa shape index (κ3) is 5.50. The Morgan fingerprint density at radius 3 is 2.70 bits per heavy atom. The molecule has 3 rings (SSSR count). The highest BCUT2D eigenvalue weighted by molar-refractivity contribution is 7.99. The number of hydrogen-bond donors (Lipinski definition) is 3. The standard InChI is InChI=1S/C19H26N8O2S/c1-4-20-16-23-17(21-5-2)27-18(24-16)25-26-19(27)30-12-15(28)22-10-11-29-14-9-7-6-8-13(14)3/h6-9H,4-5,10-12H2,1-3H3,(H,22,28)(H2,20,21,23,24,25). The number of hydrogen-bond acceptors (Lipinski definition) is 9. The van der Waals surface area contributed by atoms with Crippen molar-refractivity contribution in [3.8, 4) is 5.75 Å². The molecule has 0 atom stereocenters. The van der Waals surface area contributed by atoms with E-state index in [0.29, 0.717) is 49.1 Å². The first-order valence-electron chi connectivity index (χ1n) is 9.81. The van der Waals surface area contributed by atoms with Crippen molar-refractivity contribution < 1.29 is 9.53 Å². The Hall–Kier alpha value is -3.08. The zero-order chi connectivity index (χ0) is 21.3. The molecule has 0 saturated carbocycles. The fourth-order valence-electron chi connectivity index (χ4n) is 2.65. The molecule has 1 amide bonds. The van der Waals surface area contributed by atoms with Gasteiger partial charge in [-0.1, -0.05) is 30.0 Å². The van der Waals surface area contributed by atoms with Crippen molar-refractivity contribution in [1.29, 1.82) is 0 Å². The summed E-state index contributed by atoms with van der Waals surface area (Å²) in [4.78, 5) is 21.0. The van der Waals surface area contributed by atoms with Gasteiger partial charge in [0.2, 0.25) is 17.8 Å². The summed E-state index contributed by atoms with van der Waals surface area (Å²) in [6, 6.07) is 7.78. The number of ether oxygens (including phenoxy) is 1. The van der Waals surface area contributed by atoms with Crippen LogP contribution in [0.2, 0.25) is 0 Å². The number of fused-ring (bicyclic) bond motifs is 1. The van der Waals surface area contributed by atoms with Gasteiger partial charge in [0, 0.05) is 13.1 Å². The molecule has 0 aliphatic heterocycles. The molecular formula is C19H26N8O2S. The average Bonchev–Trinajstić information content (AvgIpc) is 3.14. The molecule has 30 heavy (non-hydrogen) atoms. The molecule has 160 valence electrons. The summed E-state index contributed by atoms with van der Waals surface area (Å²) in [7, 11) is 0. The van der Waals surface area contributed by atoms with Crippen molar-refractivity contribution in [2.75, 3.05) is 42.6 Å². The minimum absolute atomic E-state index is 0.111. The molecular weight excluding hydrogens is 404 g/mol. The number of nitrogens with zero attached hydrogens (tertiary/aromatic N) is 5. The van der Waals surface area contributed by atoms with Crippen LogP contribution in [0.3, 0.4) is 0 Å². The molecule has 0 aliphatic carbocycles. The molecule has 11 heteroatoms. The second kappa shape index (κ2) is 10.6. The zero-order valence-electron chi connectivity index (χ0n) is 17.3. The number of nitrogens with one attached hydrogen (secondary N) is 3. The smallest absolute Gasteiger partial charge is 0.261 e. The number of amides is 1. The second-order valence-electron chi connectivity index (χ2n) is 6.30. The van der Waals surface area contributed by atoms with Gasteiger partial charge in [0.25, 0.3) is 5.78 Å². The molecule has 3 N–H and O–H groups in total. The van der Waals surface area contributed by atoms with Crippen molar-refractivity contribution in [1.82, 2.24) is 29.9 Å². The van der Waals surface area contributed by atoms with E-state index in [4.69, 9.17) is 4.74 Å². The van der Waals surface area contributed by atoms with E-state index in [9.17, 15) is 4.79 Å². The molecule has 3 aromatic rings. The lowest BCUT2D eigenvalue weighted by atomic mass is 10.2. The van der Waals surface area contributed by atoms with E-state index in [1.54, 1.807) is 4.40 Å². The van der Waals surface area contributed by atoms with E-state index >= 15 is 0 Å². The number of benzene rings is 1. The number of para-hydroxylation sites is 1. The van der Waals surface area contributed by atoms with Gasteiger partial charge >= 0.3 is 0 Å². The molecule has 0 saturated heterocycles. The van der Waals surface area contributed by atoms with Gasteiger partial charge in [-0.2, -0.15) is 9.97 Å². The molecule has 0 radical (unpaired) electrons. The number of anilines is 2. The van der Waals surface area contributed by atoms with Gasteiger partial charge in [0.1, 0.15) is 12.4 Å². The number of aromatic nitrogens is 5. The van der Waals surface area contributed by atoms with Gasteiger partial charge in [-0.25, -0.2) is 4.40 Å². The first kappa shape index (κ1) is 21.6. The normalized spacial score (nSPS) is 10.8. The van der Waals surface area contributed by atoms with Crippen molar-refractivity contribution >= 4 is 35.3 Å². The highest BCUT2D eigenvalue weighted by atomic mass is 32.2. The van der Waals surface area contributed by atoms with E-state index in [1.807, 2.05) is 45.0 Å². The summed E-state index contributed by atoms with van der Waals surface area (Å²) in [6.45, 7) is 8.14. The largest absolute Gasteiger partial charge is 0.491 e. The first-order valence-corrected chi connectivity index (χ1v) is 10.8. The van der Waals surface area contributed by atoms with Crippen molar-refractivity contribution in [2.24, 2.45) is 0 Å². The summed E-state index contributed by atoms with van der Waals surface area (Å²) in [5.41, 5.74) is 1.06. The van der Waals surface area contributed by atoms with Crippen LogP contribution in [0.15, 0.2) is 29.4 Å². The van der Waals surface area contributed by atoms with E-state index in [0.717, 1.165) is 11.3 Å². The lowest BCUT2D eigenvalue weighted by Gasteiger charge is -2.10. The Kier molecular flexibility index (Phi) is 7.66. The summed E-state index contributed by atoms with van der Waals surface area (Å²) in [6.07, 6.45) is 0. The lowest BCUT2D eigenvalue weighted by Crippen LogP contribution is -2.29. The van der Waals surface area contributed by atoms with E-state index in [1.165, 1.54) is 11.8 Å². The molecule has 2 heterocycles. The minimum Gasteiger partial charge on any atom is -0.491 e. The molecule has 0 fully saturated rings. The average molecular weight is 431 g/mol. The predicted molar refractivity (Wildman–Crippen MR) is 117 cm³/mol. The number of aryl methyl sites for hydroxylation is 1. The molecule has 1 aromatic carbocycles. The van der Waals surface area contributed by atoms with Gasteiger partial charge in [-0.05, 0) is 32.4 Å². The van der Waals surface area contributed by atoms with E-state index in [-0.39, 0.29) is 11.7 Å². The number of rotatable bonds is 11. The van der Waals surface area contributed by atoms with Crippen LogP contribution in [0, 0.1) is 6.92 Å². The third-order valence-electron chi connectivity index (χ3n) is 4.02. The molecule has 10 nitrogen and oxygen atoms in total. The minimum atomic E-state index is -0.111. The van der Waals surface area contributed by atoms with Gasteiger partial charge in [0.15, 0.2) is 5.16 Å². The lowest BCUT2D eigenvalue weighted by molar-refractivity contribution is -0.118. The summed E-state index contributed by atoms with van der Waals surface area (Å²) in [5.74, 6) is 2.40. The van der Waals surface area contributed by atoms with Crippen LogP contribution in [-0.4, -0.2) is 62.5 Å². The number of thioether (sulfide) groups is 1. The van der Waals surface area contributed by atoms with Crippen LogP contribution >= 0.6 is 11.8 Å². The second-order valence-corrected chi connectivity index (χ2v) is 7.24. The van der Waals surface area contributed by atoms with E-state index in [2.05, 4.69) is 36.1 Å². The van der Waals surface area contributed by atoms with Crippen LogP contribution in [0.4, 0.5) is 11.9 Å². The van der Waals surface area contributed by atoms with Crippen LogP contribution < -0.4 is 20.7 Å². The summed E-state index contributed by atoms with van der Waals surface area (Å²) >= 11 is 1.28. The predicted octanol–water partition coefficient (Wildman–Crippen LogP) is 1.98. The molecule has 0 aliphatic rings. The number of carbonyl (C=O) groups excluding carboxylic acids is 1. The fourth-order valence-corrected chi connectivity index (χ4v) is 3.41. The van der Waals surface area contributed by atoms with Crippen LogP contribution in [0.5, 0.6) is 5.75 Å². The van der Waals surface area contributed by atoms with Gasteiger partial charge in [-0.3, -0.25) is 4.79 Å². The highest BCUT2D eigenvalue weighted by Crippen LogP contribution is 2.21. The summed E-state index contributed by atoms with van der Waals surface area (Å²) in [5, 5.41) is 17.9. The van der Waals surface area contributed by atoms with Crippen molar-refractivity contribution in [3.05, 3.63) is 29.8 Å². The van der Waals surface area contributed by atoms with Crippen LogP contribution in [-0.2, 0) is 4.79 Å². The van der Waals surface area contributed by atoms with Crippen molar-refractivity contribution in [3.63, 3.8) is 0 Å². The Labute approximate surface area is 179 Å². The van der Waals surface area contributed by atoms with Gasteiger partial charge in [-0.15, -0.1) is 10.2 Å². The monoisotopic (exact) mass is 430 g/mol. The summed E-state index contributed by atoms with van der Waals surface area (Å²) < 4.78 is 7.40. The topological polar surface area (TPSA) is 118 Å². The molecule has 2 aromatic heterocycles. The van der Waals surface area contributed by atoms with Crippen LogP contribution in [0.25, 0.3) is 5.78 Å². The van der Waals surface area contributed by atoms with Crippen molar-refractivity contribution in [2.45, 2.75) is 25.9 Å². The highest BCUT2D eigenvalue weighted by Gasteiger charge is 2.15. The van der Waals surface area contributed by atoms with Gasteiger partial charge in [0.05, 0.1) is 12.3 Å². The Bertz CT molecular complexity index is 994. The molecule has 0 unspecified atom stereocenters. The first-order chi connectivity index (χ1) is 14.6. The van der Waals surface area contributed by atoms with E-state index < -0.39 is 0 Å². The number of carbonyl (C=O) groups is 1. The Morgan fingerprint density at radius 1 is 1.13 bits per heavy atom. The quantitative estimate of drug-likeness (QED) is 0.310. The maximum absolute atomic E-state index is 12.2. The Morgan fingerprint density at radius 2 is 1.93 bits per heavy atom. The molecule has 0 bridgehead atoms. The zero-order valence-corrected chi connectivity index (χ0v) is 18.1. The molecule has 0 spiro atoms. The fraction of sp³-hybridized carbons (Fsp3) is 0.421. The third-order valence-corrected chi connectivity index (χ3v) is 4.95. The maximum atomic E-state index is 12.2. The van der Waals surface area contributed by atoms with Gasteiger partial charge < -0.3 is 20.7 Å². The SMILES string of the molecule is CCNc1nc(NCC)n2c(SCC(=O)NCCOc3ccccc3C)nnc2n1.